The van der Waals surface area contributed by atoms with Gasteiger partial charge in [-0.15, -0.1) is 0 Å². The first-order chi connectivity index (χ1) is 8.22. The second-order valence-electron chi connectivity index (χ2n) is 4.39. The largest absolute Gasteiger partial charge is 0.368 e. The van der Waals surface area contributed by atoms with Crippen LogP contribution in [-0.4, -0.2) is 51.1 Å². The van der Waals surface area contributed by atoms with Crippen LogP contribution in [0.4, 0.5) is 5.69 Å². The van der Waals surface area contributed by atoms with Gasteiger partial charge in [0, 0.05) is 38.9 Å². The highest BCUT2D eigenvalue weighted by Gasteiger charge is 2.18. The summed E-state index contributed by atoms with van der Waals surface area (Å²) < 4.78 is 0. The number of likely N-dealkylation sites (N-methyl/N-ethyl adjacent to an activating group) is 1. The van der Waals surface area contributed by atoms with Gasteiger partial charge in [-0.3, -0.25) is 4.79 Å². The summed E-state index contributed by atoms with van der Waals surface area (Å²) in [4.78, 5) is 16.4. The maximum absolute atomic E-state index is 11.8. The molecule has 1 aliphatic rings. The lowest BCUT2D eigenvalue weighted by molar-refractivity contribution is 0.0963. The Morgan fingerprint density at radius 3 is 2.47 bits per heavy atom. The number of nitrogens with zero attached hydrogens (tertiary/aromatic N) is 2. The van der Waals surface area contributed by atoms with Gasteiger partial charge in [-0.25, -0.2) is 0 Å². The number of piperazine rings is 1. The predicted molar refractivity (Wildman–Crippen MR) is 69.5 cm³/mol. The zero-order valence-electron chi connectivity index (χ0n) is 10.4. The van der Waals surface area contributed by atoms with Crippen molar-refractivity contribution in [1.82, 2.24) is 10.2 Å². The molecule has 92 valence electrons. The van der Waals surface area contributed by atoms with Crippen LogP contribution in [0.5, 0.6) is 0 Å². The predicted octanol–water partition coefficient (Wildman–Crippen LogP) is 0.798. The number of benzene rings is 1. The monoisotopic (exact) mass is 233 g/mol. The molecular weight excluding hydrogens is 214 g/mol. The summed E-state index contributed by atoms with van der Waals surface area (Å²) in [5.74, 6) is -0.0143. The lowest BCUT2D eigenvalue weighted by Gasteiger charge is -2.34. The van der Waals surface area contributed by atoms with Crippen molar-refractivity contribution in [2.45, 2.75) is 0 Å². The van der Waals surface area contributed by atoms with E-state index in [0.717, 1.165) is 37.4 Å². The number of hydrogen-bond donors (Lipinski definition) is 1. The smallest absolute Gasteiger partial charge is 0.253 e. The van der Waals surface area contributed by atoms with E-state index in [-0.39, 0.29) is 5.91 Å². The Bertz CT molecular complexity index is 397. The Morgan fingerprint density at radius 2 is 1.82 bits per heavy atom. The SMILES string of the molecule is CNC(=O)c1ccccc1N1CCN(C)CC1. The fourth-order valence-corrected chi connectivity index (χ4v) is 2.12. The van der Waals surface area contributed by atoms with E-state index in [0.29, 0.717) is 0 Å². The van der Waals surface area contributed by atoms with E-state index < -0.39 is 0 Å². The van der Waals surface area contributed by atoms with Crippen molar-refractivity contribution in [2.24, 2.45) is 0 Å². The molecule has 0 aliphatic carbocycles. The van der Waals surface area contributed by atoms with E-state index in [9.17, 15) is 4.79 Å². The van der Waals surface area contributed by atoms with E-state index in [1.165, 1.54) is 0 Å². The van der Waals surface area contributed by atoms with Crippen molar-refractivity contribution >= 4 is 11.6 Å². The molecule has 2 rings (SSSR count). The van der Waals surface area contributed by atoms with Crippen molar-refractivity contribution < 1.29 is 4.79 Å². The van der Waals surface area contributed by atoms with Gasteiger partial charge in [0.2, 0.25) is 0 Å². The summed E-state index contributed by atoms with van der Waals surface area (Å²) in [6, 6.07) is 7.80. The number of rotatable bonds is 2. The minimum absolute atomic E-state index is 0.0143. The van der Waals surface area contributed by atoms with Crippen LogP contribution in [0.15, 0.2) is 24.3 Å². The minimum Gasteiger partial charge on any atom is -0.368 e. The molecule has 1 fully saturated rings. The molecule has 4 nitrogen and oxygen atoms in total. The summed E-state index contributed by atoms with van der Waals surface area (Å²) >= 11 is 0. The molecule has 1 aromatic rings. The average Bonchev–Trinajstić information content (AvgIpc) is 2.39. The highest BCUT2D eigenvalue weighted by molar-refractivity contribution is 5.99. The summed E-state index contributed by atoms with van der Waals surface area (Å²) in [5.41, 5.74) is 1.81. The Morgan fingerprint density at radius 1 is 1.18 bits per heavy atom. The van der Waals surface area contributed by atoms with E-state index in [1.54, 1.807) is 7.05 Å². The topological polar surface area (TPSA) is 35.6 Å². The fourth-order valence-electron chi connectivity index (χ4n) is 2.12. The van der Waals surface area contributed by atoms with Gasteiger partial charge >= 0.3 is 0 Å². The van der Waals surface area contributed by atoms with E-state index in [2.05, 4.69) is 22.2 Å². The maximum Gasteiger partial charge on any atom is 0.253 e. The minimum atomic E-state index is -0.0143. The highest BCUT2D eigenvalue weighted by Crippen LogP contribution is 2.21. The van der Waals surface area contributed by atoms with Crippen molar-refractivity contribution in [1.29, 1.82) is 0 Å². The molecule has 1 aromatic carbocycles. The third kappa shape index (κ3) is 2.58. The Labute approximate surface area is 102 Å². The van der Waals surface area contributed by atoms with E-state index >= 15 is 0 Å². The van der Waals surface area contributed by atoms with E-state index in [1.807, 2.05) is 24.3 Å². The normalized spacial score (nSPS) is 16.9. The molecule has 1 aliphatic heterocycles. The number of carbonyl (C=O) groups is 1. The molecular formula is C13H19N3O. The molecule has 0 radical (unpaired) electrons. The van der Waals surface area contributed by atoms with Crippen molar-refractivity contribution in [3.63, 3.8) is 0 Å². The maximum atomic E-state index is 11.8. The van der Waals surface area contributed by atoms with Crippen LogP contribution in [-0.2, 0) is 0 Å². The van der Waals surface area contributed by atoms with Crippen molar-refractivity contribution in [3.8, 4) is 0 Å². The summed E-state index contributed by atoms with van der Waals surface area (Å²) in [6.45, 7) is 4.04. The van der Waals surface area contributed by atoms with Crippen LogP contribution in [0.3, 0.4) is 0 Å². The van der Waals surface area contributed by atoms with Crippen LogP contribution >= 0.6 is 0 Å². The first-order valence-electron chi connectivity index (χ1n) is 5.97. The summed E-state index contributed by atoms with van der Waals surface area (Å²) in [6.07, 6.45) is 0. The van der Waals surface area contributed by atoms with Crippen LogP contribution in [0.1, 0.15) is 10.4 Å². The molecule has 0 saturated carbocycles. The fraction of sp³-hybridized carbons (Fsp3) is 0.462. The Hall–Kier alpha value is -1.55. The quantitative estimate of drug-likeness (QED) is 0.820. The molecule has 4 heteroatoms. The molecule has 1 N–H and O–H groups in total. The summed E-state index contributed by atoms with van der Waals surface area (Å²) in [7, 11) is 3.80. The van der Waals surface area contributed by atoms with Crippen LogP contribution < -0.4 is 10.2 Å². The molecule has 0 bridgehead atoms. The zero-order valence-corrected chi connectivity index (χ0v) is 10.4. The van der Waals surface area contributed by atoms with Gasteiger partial charge in [-0.1, -0.05) is 12.1 Å². The number of amides is 1. The number of para-hydroxylation sites is 1. The van der Waals surface area contributed by atoms with Gasteiger partial charge in [-0.05, 0) is 19.2 Å². The first kappa shape index (κ1) is 11.9. The number of carbonyl (C=O) groups excluding carboxylic acids is 1. The van der Waals surface area contributed by atoms with Crippen LogP contribution in [0.25, 0.3) is 0 Å². The molecule has 0 unspecified atom stereocenters. The molecule has 0 spiro atoms. The van der Waals surface area contributed by atoms with Gasteiger partial charge < -0.3 is 15.1 Å². The third-order valence-corrected chi connectivity index (χ3v) is 3.22. The van der Waals surface area contributed by atoms with E-state index in [4.69, 9.17) is 0 Å². The van der Waals surface area contributed by atoms with Crippen LogP contribution in [0.2, 0.25) is 0 Å². The lowest BCUT2D eigenvalue weighted by Crippen LogP contribution is -2.45. The zero-order chi connectivity index (χ0) is 12.3. The second-order valence-corrected chi connectivity index (χ2v) is 4.39. The number of hydrogen-bond acceptors (Lipinski definition) is 3. The standard InChI is InChI=1S/C13H19N3O/c1-14-13(17)11-5-3-4-6-12(11)16-9-7-15(2)8-10-16/h3-6H,7-10H2,1-2H3,(H,14,17). The third-order valence-electron chi connectivity index (χ3n) is 3.22. The summed E-state index contributed by atoms with van der Waals surface area (Å²) in [5, 5.41) is 2.69. The average molecular weight is 233 g/mol. The number of anilines is 1. The molecule has 17 heavy (non-hydrogen) atoms. The molecule has 1 amide bonds. The van der Waals surface area contributed by atoms with Crippen molar-refractivity contribution in [2.75, 3.05) is 45.2 Å². The number of nitrogens with one attached hydrogen (secondary N) is 1. The van der Waals surface area contributed by atoms with Gasteiger partial charge in [-0.2, -0.15) is 0 Å². The molecule has 0 atom stereocenters. The molecule has 0 aromatic heterocycles. The Balaban J connectivity index is 2.23. The van der Waals surface area contributed by atoms with Gasteiger partial charge in [0.05, 0.1) is 5.56 Å². The van der Waals surface area contributed by atoms with Gasteiger partial charge in [0.1, 0.15) is 0 Å². The Kier molecular flexibility index (Phi) is 3.64. The van der Waals surface area contributed by atoms with Gasteiger partial charge in [0.15, 0.2) is 0 Å². The lowest BCUT2D eigenvalue weighted by atomic mass is 10.1. The molecule has 1 heterocycles. The highest BCUT2D eigenvalue weighted by atomic mass is 16.1. The van der Waals surface area contributed by atoms with Gasteiger partial charge in [0.25, 0.3) is 5.91 Å². The van der Waals surface area contributed by atoms with Crippen LogP contribution in [0, 0.1) is 0 Å². The second kappa shape index (κ2) is 5.19. The van der Waals surface area contributed by atoms with Crippen molar-refractivity contribution in [3.05, 3.63) is 29.8 Å². The molecule has 1 saturated heterocycles. The first-order valence-corrected chi connectivity index (χ1v) is 5.97.